The first-order valence-corrected chi connectivity index (χ1v) is 48.3. The lowest BCUT2D eigenvalue weighted by atomic mass is 10.0. The van der Waals surface area contributed by atoms with Crippen molar-refractivity contribution in [1.29, 1.82) is 0 Å². The average molecular weight is 1920 g/mol. The number of hydrogen-bond donors (Lipinski definition) is 12. The number of benzene rings is 8. The van der Waals surface area contributed by atoms with E-state index in [-0.39, 0.29) is 24.9 Å². The molecule has 740 valence electrons. The van der Waals surface area contributed by atoms with Crippen LogP contribution in [0.5, 0.6) is 11.5 Å². The van der Waals surface area contributed by atoms with Crippen molar-refractivity contribution in [2.75, 3.05) is 134 Å². The van der Waals surface area contributed by atoms with Gasteiger partial charge in [0.1, 0.15) is 59.0 Å². The summed E-state index contributed by atoms with van der Waals surface area (Å²) in [4.78, 5) is 148. The van der Waals surface area contributed by atoms with Crippen molar-refractivity contribution in [3.05, 3.63) is 205 Å². The van der Waals surface area contributed by atoms with E-state index < -0.39 is 66.2 Å². The Balaban J connectivity index is 0.410. The number of fused-ring (bicyclic) bond motifs is 4. The van der Waals surface area contributed by atoms with E-state index in [9.17, 15) is 38.4 Å². The third kappa shape index (κ3) is 29.6. The van der Waals surface area contributed by atoms with Crippen molar-refractivity contribution in [3.63, 3.8) is 0 Å². The lowest BCUT2D eigenvalue weighted by molar-refractivity contribution is -0.139. The monoisotopic (exact) mass is 1920 g/mol. The van der Waals surface area contributed by atoms with E-state index in [1.54, 1.807) is 21.5 Å². The average Bonchev–Trinajstić information content (AvgIpc) is 1.63. The molecule has 14 rings (SSSR count). The maximum absolute atomic E-state index is 13.7. The molecule has 0 aliphatic heterocycles. The predicted molar refractivity (Wildman–Crippen MR) is 545 cm³/mol. The molecular formula is C104H129N27O10. The van der Waals surface area contributed by atoms with E-state index in [1.165, 1.54) is 32.6 Å². The summed E-state index contributed by atoms with van der Waals surface area (Å²) in [5.41, 5.74) is 23.2. The Bertz CT molecular complexity index is 6560. The van der Waals surface area contributed by atoms with Crippen LogP contribution in [0.4, 0.5) is 0 Å². The number of rotatable bonds is 54. The second kappa shape index (κ2) is 49.6. The molecule has 6 heterocycles. The predicted octanol–water partition coefficient (Wildman–Crippen LogP) is 9.81. The highest BCUT2D eigenvalue weighted by molar-refractivity contribution is 5.98. The van der Waals surface area contributed by atoms with Gasteiger partial charge in [-0.15, -0.1) is 10.2 Å². The van der Waals surface area contributed by atoms with Gasteiger partial charge in [-0.05, 0) is 297 Å². The van der Waals surface area contributed by atoms with Crippen LogP contribution in [0.1, 0.15) is 111 Å². The highest BCUT2D eigenvalue weighted by atomic mass is 16.5. The number of amides is 8. The number of primary amides is 1. The maximum Gasteiger partial charge on any atom is 0.251 e. The van der Waals surface area contributed by atoms with Crippen molar-refractivity contribution in [2.24, 2.45) is 5.73 Å². The van der Waals surface area contributed by atoms with E-state index in [0.717, 1.165) is 194 Å². The van der Waals surface area contributed by atoms with Gasteiger partial charge in [0.15, 0.2) is 0 Å². The molecule has 8 aromatic carbocycles. The number of unbranched alkanes of at least 4 members (excludes halogenated alkanes) is 2. The minimum absolute atomic E-state index is 0.0627. The maximum atomic E-state index is 13.7. The Morgan fingerprint density at radius 2 is 0.738 bits per heavy atom. The number of ether oxygens (including phenoxy) is 2. The standard InChI is InChI=1S/C104H129N27O10/c1-67(109-94(133)63-106-45-15-53-130-64-81(121-123-130)19-11-13-50-127(9)55-46-107-102(137)75-25-21-71(22-26-75)95-113-85-41-33-77(59-89(85)117-95)79-35-43-87-91(61-79)119-97(115-87)73-29-37-83(38-30-73)140-57-17-48-125(5)6)99(134)110-68(2)100(135)111-69(3)101(136)112-70(4)104(139)129(66-93(105)132)52-16-54-131-65-82(122-124-131)20-12-14-51-128(10)56-47-108-103(138)76-27-23-72(24-28-76)96-114-86-42-34-78(60-90(86)118-96)80-36-44-88-92(62-80)120-98(116-88)74-31-39-84(40-32-74)141-58-18-49-126(7)8/h21-44,59-62,64-65,67-70,106H,11-20,45-58,63,66H2,1-10H3,(H2,105,132)(H,107,137)(H,108,138)(H,109,133)(H,110,134)(H,111,135)(H,112,136)(H,113,117)(H,114,118)(H,115,119)(H,116,120)/t67-,68-,69-,70-/m1/s1. The number of carbonyl (C=O) groups is 8. The first kappa shape index (κ1) is 102. The molecule has 6 aromatic heterocycles. The van der Waals surface area contributed by atoms with Crippen LogP contribution >= 0.6 is 0 Å². The zero-order valence-electron chi connectivity index (χ0n) is 81.9. The molecule has 37 nitrogen and oxygen atoms in total. The Morgan fingerprint density at radius 1 is 0.383 bits per heavy atom. The number of likely N-dealkylation sites (N-methyl/N-ethyl adjacent to an activating group) is 2. The third-order valence-electron chi connectivity index (χ3n) is 24.4. The van der Waals surface area contributed by atoms with Gasteiger partial charge in [-0.25, -0.2) is 19.9 Å². The van der Waals surface area contributed by atoms with Gasteiger partial charge in [0.05, 0.1) is 81.8 Å². The molecule has 141 heavy (non-hydrogen) atoms. The van der Waals surface area contributed by atoms with E-state index in [2.05, 4.69) is 186 Å². The van der Waals surface area contributed by atoms with Gasteiger partial charge in [-0.2, -0.15) is 0 Å². The Morgan fingerprint density at radius 3 is 1.11 bits per heavy atom. The number of hydrogen-bond acceptors (Lipinski definition) is 23. The second-order valence-corrected chi connectivity index (χ2v) is 36.6. The number of imidazole rings is 4. The van der Waals surface area contributed by atoms with Crippen LogP contribution in [0.15, 0.2) is 182 Å². The lowest BCUT2D eigenvalue weighted by Crippen LogP contribution is -2.57. The number of nitrogens with two attached hydrogens (primary N) is 1. The number of carbonyl (C=O) groups excluding carboxylic acids is 8. The van der Waals surface area contributed by atoms with Crippen molar-refractivity contribution in [1.82, 2.24) is 132 Å². The van der Waals surface area contributed by atoms with Crippen LogP contribution in [-0.2, 0) is 54.7 Å². The largest absolute Gasteiger partial charge is 0.494 e. The molecule has 0 unspecified atom stereocenters. The zero-order chi connectivity index (χ0) is 99.4. The Kier molecular flexibility index (Phi) is 35.9. The number of H-pyrrole nitrogens is 4. The number of aromatic nitrogens is 14. The first-order chi connectivity index (χ1) is 68.1. The highest BCUT2D eigenvalue weighted by Gasteiger charge is 2.29. The normalized spacial score (nSPS) is 12.5. The molecule has 0 aliphatic carbocycles. The van der Waals surface area contributed by atoms with E-state index in [1.807, 2.05) is 124 Å². The fourth-order valence-electron chi connectivity index (χ4n) is 16.3. The summed E-state index contributed by atoms with van der Waals surface area (Å²) < 4.78 is 15.3. The van der Waals surface area contributed by atoms with Crippen molar-refractivity contribution in [2.45, 2.75) is 129 Å². The van der Waals surface area contributed by atoms with Crippen LogP contribution in [-0.4, -0.2) is 300 Å². The molecule has 37 heteroatoms. The number of aromatic amines is 4. The summed E-state index contributed by atoms with van der Waals surface area (Å²) in [6.07, 6.45) is 11.7. The van der Waals surface area contributed by atoms with E-state index in [4.69, 9.17) is 35.1 Å². The molecule has 0 radical (unpaired) electrons. The molecule has 0 aliphatic rings. The molecule has 0 bridgehead atoms. The molecule has 0 spiro atoms. The molecule has 13 N–H and O–H groups in total. The van der Waals surface area contributed by atoms with E-state index in [0.29, 0.717) is 101 Å². The topological polar surface area (TPSA) is 458 Å². The molecule has 0 fully saturated rings. The van der Waals surface area contributed by atoms with E-state index >= 15 is 0 Å². The lowest BCUT2D eigenvalue weighted by Gasteiger charge is -2.26. The summed E-state index contributed by atoms with van der Waals surface area (Å²) in [5.74, 6) is 0.607. The molecule has 14 aromatic rings. The quantitative estimate of drug-likeness (QED) is 0.0158. The van der Waals surface area contributed by atoms with Crippen molar-refractivity contribution >= 4 is 91.4 Å². The number of aryl methyl sites for hydroxylation is 4. The van der Waals surface area contributed by atoms with Gasteiger partial charge >= 0.3 is 0 Å². The minimum atomic E-state index is -1.14. The van der Waals surface area contributed by atoms with Gasteiger partial charge in [0.25, 0.3) is 11.8 Å². The summed E-state index contributed by atoms with van der Waals surface area (Å²) in [6.45, 7) is 14.1. The fraction of sp³-hybridized carbons (Fsp3) is 0.385. The van der Waals surface area contributed by atoms with Gasteiger partial charge in [-0.1, -0.05) is 59.0 Å². The zero-order valence-corrected chi connectivity index (χ0v) is 81.9. The van der Waals surface area contributed by atoms with Gasteiger partial charge in [-0.3, -0.25) is 47.7 Å². The van der Waals surface area contributed by atoms with Crippen LogP contribution < -0.4 is 52.4 Å². The van der Waals surface area contributed by atoms with Crippen molar-refractivity contribution < 1.29 is 47.8 Å². The summed E-state index contributed by atoms with van der Waals surface area (Å²) in [7, 11) is 12.3. The summed E-state index contributed by atoms with van der Waals surface area (Å²) in [6, 6.07) is 51.3. The fourth-order valence-corrected chi connectivity index (χ4v) is 16.3. The first-order valence-electron chi connectivity index (χ1n) is 48.3. The van der Waals surface area contributed by atoms with Crippen LogP contribution in [0.2, 0.25) is 0 Å². The Labute approximate surface area is 819 Å². The van der Waals surface area contributed by atoms with Gasteiger partial charge < -0.3 is 96.9 Å². The SMILES string of the molecule is C[C@@H](NC(=O)CNCCCn1cc(CCCCN(C)CCNC(=O)c2ccc(-c3nc4cc(-c5ccc6[nH]c(-c7ccc(OCCCN(C)C)cc7)nc6c5)ccc4[nH]3)cc2)nn1)C(=O)N[C@H](C)C(=O)N[C@H](C)C(=O)N[C@H](C)C(=O)N(CCCn1cc(CCCCN(C)CCNC(=O)c2ccc(-c3nc4cc(-c5ccc6[nH]c(-c7ccc(OCCCN(C)C)cc7)nc6c5)ccc4[nH]3)cc2)nn1)CC(N)=O. The molecule has 0 saturated carbocycles. The number of nitrogens with zero attached hydrogens (tertiary/aromatic N) is 15. The highest BCUT2D eigenvalue weighted by Crippen LogP contribution is 2.34. The van der Waals surface area contributed by atoms with Gasteiger partial charge in [0, 0.05) is 105 Å². The van der Waals surface area contributed by atoms with Crippen molar-refractivity contribution in [3.8, 4) is 79.3 Å². The number of nitrogens with one attached hydrogen (secondary N) is 11. The summed E-state index contributed by atoms with van der Waals surface area (Å²) >= 11 is 0. The molecule has 0 saturated heterocycles. The minimum Gasteiger partial charge on any atom is -0.494 e. The van der Waals surface area contributed by atoms with Crippen LogP contribution in [0.25, 0.3) is 112 Å². The van der Waals surface area contributed by atoms with Gasteiger partial charge in [0.2, 0.25) is 35.4 Å². The summed E-state index contributed by atoms with van der Waals surface area (Å²) in [5, 5.41) is 36.8. The molecular weight excluding hydrogens is 1790 g/mol. The van der Waals surface area contributed by atoms with Crippen LogP contribution in [0.3, 0.4) is 0 Å². The second-order valence-electron chi connectivity index (χ2n) is 36.6. The molecule has 4 atom stereocenters. The smallest absolute Gasteiger partial charge is 0.251 e. The van der Waals surface area contributed by atoms with Crippen LogP contribution in [0, 0.1) is 0 Å². The Hall–Kier alpha value is -14.9. The molecule has 8 amide bonds. The third-order valence-corrected chi connectivity index (χ3v) is 24.4.